The molecule has 1 spiro atoms. The average Bonchev–Trinajstić information content (AvgIpc) is 3.15. The second-order valence-corrected chi connectivity index (χ2v) is 8.13. The second-order valence-electron chi connectivity index (χ2n) is 7.69. The molecule has 0 saturated carbocycles. The minimum atomic E-state index is -0.189. The van der Waals surface area contributed by atoms with Gasteiger partial charge in [0.15, 0.2) is 0 Å². The molecule has 2 saturated heterocycles. The zero-order valence-electron chi connectivity index (χ0n) is 16.1. The smallest absolute Gasteiger partial charge is 0.269 e. The molecule has 0 aliphatic carbocycles. The Morgan fingerprint density at radius 1 is 1.17 bits per heavy atom. The number of carbonyl (C=O) groups excluding carboxylic acids is 2. The van der Waals surface area contributed by atoms with E-state index < -0.39 is 0 Å². The minimum absolute atomic E-state index is 0.00200. The highest BCUT2D eigenvalue weighted by atomic mass is 35.5. The lowest BCUT2D eigenvalue weighted by atomic mass is 9.88. The topological polar surface area (TPSA) is 71.5 Å². The molecule has 6 nitrogen and oxygen atoms in total. The lowest BCUT2D eigenvalue weighted by molar-refractivity contribution is -0.0712. The SMILES string of the molecule is O=C(NCC1CCC2(CCN(C(=O)c3cccc(Cl)c3)CC2)O1)c1ccccn1. The summed E-state index contributed by atoms with van der Waals surface area (Å²) >= 11 is 6.01. The monoisotopic (exact) mass is 413 g/mol. The van der Waals surface area contributed by atoms with Crippen LogP contribution in [0.4, 0.5) is 0 Å². The van der Waals surface area contributed by atoms with Crippen molar-refractivity contribution in [2.45, 2.75) is 37.4 Å². The molecule has 1 N–H and O–H groups in total. The fraction of sp³-hybridized carbons (Fsp3) is 0.409. The Morgan fingerprint density at radius 3 is 2.72 bits per heavy atom. The van der Waals surface area contributed by atoms with Crippen molar-refractivity contribution in [1.82, 2.24) is 15.2 Å². The van der Waals surface area contributed by atoms with E-state index in [1.165, 1.54) is 0 Å². The van der Waals surface area contributed by atoms with Crippen LogP contribution in [-0.4, -0.2) is 53.0 Å². The first-order valence-corrected chi connectivity index (χ1v) is 10.3. The Kier molecular flexibility index (Phi) is 5.83. The first kappa shape index (κ1) is 19.9. The molecular weight excluding hydrogens is 390 g/mol. The first-order chi connectivity index (χ1) is 14.0. The number of ether oxygens (including phenoxy) is 1. The van der Waals surface area contributed by atoms with Crippen LogP contribution in [0.5, 0.6) is 0 Å². The molecule has 1 atom stereocenters. The van der Waals surface area contributed by atoms with Crippen molar-refractivity contribution in [3.8, 4) is 0 Å². The van der Waals surface area contributed by atoms with Crippen LogP contribution in [0.2, 0.25) is 5.02 Å². The third-order valence-corrected chi connectivity index (χ3v) is 5.99. The summed E-state index contributed by atoms with van der Waals surface area (Å²) in [6, 6.07) is 12.3. The zero-order chi connectivity index (χ0) is 20.3. The van der Waals surface area contributed by atoms with Crippen LogP contribution in [0, 0.1) is 0 Å². The molecular formula is C22H24ClN3O3. The molecule has 2 fully saturated rings. The van der Waals surface area contributed by atoms with E-state index in [1.807, 2.05) is 4.90 Å². The van der Waals surface area contributed by atoms with E-state index in [0.717, 1.165) is 25.7 Å². The molecule has 152 valence electrons. The molecule has 7 heteroatoms. The summed E-state index contributed by atoms with van der Waals surface area (Å²) in [6.45, 7) is 1.80. The van der Waals surface area contributed by atoms with Gasteiger partial charge in [0.25, 0.3) is 11.8 Å². The van der Waals surface area contributed by atoms with Crippen molar-refractivity contribution < 1.29 is 14.3 Å². The summed E-state index contributed by atoms with van der Waals surface area (Å²) in [4.78, 5) is 30.8. The number of rotatable bonds is 4. The third kappa shape index (κ3) is 4.60. The van der Waals surface area contributed by atoms with Crippen LogP contribution in [0.25, 0.3) is 0 Å². The number of halogens is 1. The Morgan fingerprint density at radius 2 is 2.00 bits per heavy atom. The summed E-state index contributed by atoms with van der Waals surface area (Å²) in [6.07, 6.45) is 5.08. The van der Waals surface area contributed by atoms with Gasteiger partial charge in [-0.15, -0.1) is 0 Å². The number of amides is 2. The number of benzene rings is 1. The molecule has 0 bridgehead atoms. The summed E-state index contributed by atoms with van der Waals surface area (Å²) in [7, 11) is 0. The van der Waals surface area contributed by atoms with Gasteiger partial charge in [-0.2, -0.15) is 0 Å². The number of nitrogens with one attached hydrogen (secondary N) is 1. The van der Waals surface area contributed by atoms with Gasteiger partial charge in [0.05, 0.1) is 11.7 Å². The van der Waals surface area contributed by atoms with Crippen molar-refractivity contribution in [3.63, 3.8) is 0 Å². The Balaban J connectivity index is 1.27. The maximum absolute atomic E-state index is 12.7. The molecule has 1 aromatic carbocycles. The fourth-order valence-corrected chi connectivity index (χ4v) is 4.31. The molecule has 2 amide bonds. The molecule has 0 radical (unpaired) electrons. The van der Waals surface area contributed by atoms with Gasteiger partial charge in [-0.05, 0) is 56.0 Å². The van der Waals surface area contributed by atoms with Crippen LogP contribution < -0.4 is 5.32 Å². The molecule has 29 heavy (non-hydrogen) atoms. The van der Waals surface area contributed by atoms with Gasteiger partial charge in [-0.25, -0.2) is 0 Å². The maximum Gasteiger partial charge on any atom is 0.269 e. The first-order valence-electron chi connectivity index (χ1n) is 9.97. The summed E-state index contributed by atoms with van der Waals surface area (Å²) in [5.74, 6) is -0.170. The number of hydrogen-bond donors (Lipinski definition) is 1. The number of pyridine rings is 1. The lowest BCUT2D eigenvalue weighted by Gasteiger charge is -2.39. The van der Waals surface area contributed by atoms with Gasteiger partial charge < -0.3 is 15.0 Å². The number of likely N-dealkylation sites (tertiary alicyclic amines) is 1. The Labute approximate surface area is 175 Å². The quantitative estimate of drug-likeness (QED) is 0.834. The summed E-state index contributed by atoms with van der Waals surface area (Å²) in [5.41, 5.74) is 0.842. The fourth-order valence-electron chi connectivity index (χ4n) is 4.12. The zero-order valence-corrected chi connectivity index (χ0v) is 16.9. The van der Waals surface area contributed by atoms with Crippen molar-refractivity contribution in [1.29, 1.82) is 0 Å². The maximum atomic E-state index is 12.7. The predicted octanol–water partition coefficient (Wildman–Crippen LogP) is 3.32. The number of carbonyl (C=O) groups is 2. The lowest BCUT2D eigenvalue weighted by Crippen LogP contribution is -2.47. The van der Waals surface area contributed by atoms with E-state index in [2.05, 4.69) is 10.3 Å². The van der Waals surface area contributed by atoms with E-state index in [9.17, 15) is 9.59 Å². The van der Waals surface area contributed by atoms with Crippen LogP contribution in [0.15, 0.2) is 48.7 Å². The molecule has 3 heterocycles. The molecule has 2 aliphatic heterocycles. The molecule has 2 aromatic rings. The van der Waals surface area contributed by atoms with Gasteiger partial charge in [-0.1, -0.05) is 23.7 Å². The standard InChI is InChI=1S/C22H24ClN3O3/c23-17-5-3-4-16(14-17)21(28)26-12-9-22(10-13-26)8-7-18(29-22)15-25-20(27)19-6-1-2-11-24-19/h1-6,11,14,18H,7-10,12-13,15H2,(H,25,27). The van der Waals surface area contributed by atoms with Gasteiger partial charge >= 0.3 is 0 Å². The van der Waals surface area contributed by atoms with E-state index in [0.29, 0.717) is 35.9 Å². The summed E-state index contributed by atoms with van der Waals surface area (Å²) < 4.78 is 6.33. The van der Waals surface area contributed by atoms with Gasteiger partial charge in [0.1, 0.15) is 5.69 Å². The highest BCUT2D eigenvalue weighted by Crippen LogP contribution is 2.39. The third-order valence-electron chi connectivity index (χ3n) is 5.76. The van der Waals surface area contributed by atoms with Crippen LogP contribution >= 0.6 is 11.6 Å². The van der Waals surface area contributed by atoms with E-state index in [-0.39, 0.29) is 23.5 Å². The van der Waals surface area contributed by atoms with Crippen LogP contribution in [0.3, 0.4) is 0 Å². The number of aromatic nitrogens is 1. The average molecular weight is 414 g/mol. The number of piperidine rings is 1. The van der Waals surface area contributed by atoms with Gasteiger partial charge in [0.2, 0.25) is 0 Å². The van der Waals surface area contributed by atoms with Crippen molar-refractivity contribution in [3.05, 3.63) is 64.9 Å². The normalized spacial score (nSPS) is 20.6. The summed E-state index contributed by atoms with van der Waals surface area (Å²) in [5, 5.41) is 3.48. The molecule has 1 aromatic heterocycles. The molecule has 2 aliphatic rings. The van der Waals surface area contributed by atoms with E-state index >= 15 is 0 Å². The second kappa shape index (κ2) is 8.51. The van der Waals surface area contributed by atoms with Crippen LogP contribution in [-0.2, 0) is 4.74 Å². The number of hydrogen-bond acceptors (Lipinski definition) is 4. The molecule has 1 unspecified atom stereocenters. The van der Waals surface area contributed by atoms with E-state index in [1.54, 1.807) is 48.7 Å². The highest BCUT2D eigenvalue weighted by molar-refractivity contribution is 6.30. The van der Waals surface area contributed by atoms with Gasteiger partial charge in [0, 0.05) is 36.4 Å². The molecule has 4 rings (SSSR count). The van der Waals surface area contributed by atoms with Gasteiger partial charge in [-0.3, -0.25) is 14.6 Å². The highest BCUT2D eigenvalue weighted by Gasteiger charge is 2.43. The predicted molar refractivity (Wildman–Crippen MR) is 110 cm³/mol. The minimum Gasteiger partial charge on any atom is -0.370 e. The largest absolute Gasteiger partial charge is 0.370 e. The Hall–Kier alpha value is -2.44. The van der Waals surface area contributed by atoms with Crippen molar-refractivity contribution in [2.24, 2.45) is 0 Å². The number of nitrogens with zero attached hydrogens (tertiary/aromatic N) is 2. The Bertz CT molecular complexity index is 882. The van der Waals surface area contributed by atoms with Crippen molar-refractivity contribution in [2.75, 3.05) is 19.6 Å². The van der Waals surface area contributed by atoms with Crippen LogP contribution in [0.1, 0.15) is 46.5 Å². The van der Waals surface area contributed by atoms with Crippen molar-refractivity contribution >= 4 is 23.4 Å². The van der Waals surface area contributed by atoms with E-state index in [4.69, 9.17) is 16.3 Å².